The first-order chi connectivity index (χ1) is 12.1. The van der Waals surface area contributed by atoms with Crippen LogP contribution in [-0.2, 0) is 4.79 Å². The van der Waals surface area contributed by atoms with Crippen molar-refractivity contribution in [2.24, 2.45) is 0 Å². The first-order valence-electron chi connectivity index (χ1n) is 7.55. The van der Waals surface area contributed by atoms with Crippen molar-refractivity contribution in [3.8, 4) is 17.2 Å². The molecule has 0 fully saturated rings. The van der Waals surface area contributed by atoms with Crippen LogP contribution in [0.5, 0.6) is 11.5 Å². The lowest BCUT2D eigenvalue weighted by atomic mass is 10.1. The second kappa shape index (κ2) is 7.32. The standard InChI is InChI=1S/C19H16ClNO4/c1-24-15-7-4-13(5-8-15)18(19(22)23)25-17-9-6-14(20)12-16(17)21-10-2-3-11-21/h2-12,18H,1H3,(H,22,23). The summed E-state index contributed by atoms with van der Waals surface area (Å²) in [5.74, 6) is -0.0187. The number of hydrogen-bond donors (Lipinski definition) is 1. The van der Waals surface area contributed by atoms with E-state index in [1.807, 2.05) is 29.1 Å². The van der Waals surface area contributed by atoms with Crippen molar-refractivity contribution in [1.29, 1.82) is 0 Å². The Morgan fingerprint density at radius 3 is 2.40 bits per heavy atom. The Bertz CT molecular complexity index is 860. The van der Waals surface area contributed by atoms with Crippen molar-refractivity contribution < 1.29 is 19.4 Å². The van der Waals surface area contributed by atoms with Crippen LogP contribution in [0.4, 0.5) is 0 Å². The molecule has 1 atom stereocenters. The lowest BCUT2D eigenvalue weighted by molar-refractivity contribution is -0.145. The topological polar surface area (TPSA) is 60.7 Å². The molecule has 0 bridgehead atoms. The number of ether oxygens (including phenoxy) is 2. The van der Waals surface area contributed by atoms with E-state index in [0.29, 0.717) is 27.8 Å². The maximum atomic E-state index is 11.7. The number of carbonyl (C=O) groups is 1. The zero-order valence-electron chi connectivity index (χ0n) is 13.4. The van der Waals surface area contributed by atoms with Crippen LogP contribution < -0.4 is 9.47 Å². The van der Waals surface area contributed by atoms with Crippen molar-refractivity contribution >= 4 is 17.6 Å². The molecule has 1 aromatic heterocycles. The molecular weight excluding hydrogens is 342 g/mol. The predicted molar refractivity (Wildman–Crippen MR) is 94.8 cm³/mol. The van der Waals surface area contributed by atoms with Crippen LogP contribution in [0, 0.1) is 0 Å². The number of halogens is 1. The molecule has 128 valence electrons. The molecule has 3 aromatic rings. The van der Waals surface area contributed by atoms with Crippen LogP contribution in [0.15, 0.2) is 67.0 Å². The van der Waals surface area contributed by atoms with Crippen molar-refractivity contribution in [3.63, 3.8) is 0 Å². The van der Waals surface area contributed by atoms with Gasteiger partial charge in [0.05, 0.1) is 12.8 Å². The van der Waals surface area contributed by atoms with Crippen molar-refractivity contribution in [2.45, 2.75) is 6.10 Å². The predicted octanol–water partition coefficient (Wildman–Crippen LogP) is 4.34. The molecule has 0 amide bonds. The number of hydrogen-bond acceptors (Lipinski definition) is 3. The van der Waals surface area contributed by atoms with Crippen molar-refractivity contribution in [2.75, 3.05) is 7.11 Å². The quantitative estimate of drug-likeness (QED) is 0.712. The molecule has 0 aliphatic rings. The lowest BCUT2D eigenvalue weighted by Crippen LogP contribution is -2.19. The van der Waals surface area contributed by atoms with E-state index in [0.717, 1.165) is 0 Å². The highest BCUT2D eigenvalue weighted by molar-refractivity contribution is 6.30. The minimum Gasteiger partial charge on any atom is -0.497 e. The van der Waals surface area contributed by atoms with Crippen LogP contribution >= 0.6 is 11.6 Å². The van der Waals surface area contributed by atoms with Crippen LogP contribution in [0.2, 0.25) is 5.02 Å². The summed E-state index contributed by atoms with van der Waals surface area (Å²) in [6, 6.07) is 15.5. The minimum atomic E-state index is -1.15. The Balaban J connectivity index is 1.96. The Hall–Kier alpha value is -2.92. The molecule has 1 heterocycles. The summed E-state index contributed by atoms with van der Waals surface area (Å²) in [4.78, 5) is 11.7. The minimum absolute atomic E-state index is 0.420. The second-order valence-electron chi connectivity index (χ2n) is 5.31. The van der Waals surface area contributed by atoms with Crippen LogP contribution in [0.25, 0.3) is 5.69 Å². The Labute approximate surface area is 150 Å². The fraction of sp³-hybridized carbons (Fsp3) is 0.105. The number of aromatic nitrogens is 1. The fourth-order valence-electron chi connectivity index (χ4n) is 2.45. The summed E-state index contributed by atoms with van der Waals surface area (Å²) in [6.07, 6.45) is 2.52. The second-order valence-corrected chi connectivity index (χ2v) is 5.75. The fourth-order valence-corrected chi connectivity index (χ4v) is 2.62. The number of carboxylic acids is 1. The molecule has 1 unspecified atom stereocenters. The third-order valence-corrected chi connectivity index (χ3v) is 3.93. The monoisotopic (exact) mass is 357 g/mol. The van der Waals surface area contributed by atoms with E-state index < -0.39 is 12.1 Å². The summed E-state index contributed by atoms with van der Waals surface area (Å²) in [7, 11) is 1.55. The molecule has 0 saturated carbocycles. The summed E-state index contributed by atoms with van der Waals surface area (Å²) in [6.45, 7) is 0. The molecule has 6 heteroatoms. The van der Waals surface area contributed by atoms with Gasteiger partial charge in [-0.2, -0.15) is 0 Å². The average Bonchev–Trinajstić information content (AvgIpc) is 3.15. The molecule has 1 N–H and O–H groups in total. The van der Waals surface area contributed by atoms with Gasteiger partial charge in [0.1, 0.15) is 11.5 Å². The third kappa shape index (κ3) is 3.78. The molecule has 0 aliphatic carbocycles. The SMILES string of the molecule is COc1ccc(C(Oc2ccc(Cl)cc2-n2cccc2)C(=O)O)cc1. The molecule has 2 aromatic carbocycles. The smallest absolute Gasteiger partial charge is 0.349 e. The van der Waals surface area contributed by atoms with Gasteiger partial charge >= 0.3 is 5.97 Å². The first-order valence-corrected chi connectivity index (χ1v) is 7.92. The van der Waals surface area contributed by atoms with Gasteiger partial charge < -0.3 is 19.1 Å². The summed E-state index contributed by atoms with van der Waals surface area (Å²) in [5, 5.41) is 10.1. The summed E-state index contributed by atoms with van der Waals surface area (Å²) in [5.41, 5.74) is 1.18. The Morgan fingerprint density at radius 1 is 1.12 bits per heavy atom. The maximum absolute atomic E-state index is 11.7. The van der Waals surface area contributed by atoms with Gasteiger partial charge in [-0.15, -0.1) is 0 Å². The van der Waals surface area contributed by atoms with E-state index in [1.54, 1.807) is 49.6 Å². The average molecular weight is 358 g/mol. The van der Waals surface area contributed by atoms with Gasteiger partial charge in [-0.05, 0) is 42.5 Å². The van der Waals surface area contributed by atoms with Crippen LogP contribution in [-0.4, -0.2) is 22.8 Å². The molecule has 5 nitrogen and oxygen atoms in total. The number of carboxylic acid groups (broad SMARTS) is 1. The number of benzene rings is 2. The number of aliphatic carboxylic acids is 1. The van der Waals surface area contributed by atoms with E-state index in [9.17, 15) is 9.90 Å². The largest absolute Gasteiger partial charge is 0.497 e. The molecular formula is C19H16ClNO4. The van der Waals surface area contributed by atoms with E-state index >= 15 is 0 Å². The van der Waals surface area contributed by atoms with Gasteiger partial charge in [0.2, 0.25) is 6.10 Å². The molecule has 3 rings (SSSR count). The Kier molecular flexibility index (Phi) is 4.95. The molecule has 25 heavy (non-hydrogen) atoms. The zero-order chi connectivity index (χ0) is 17.8. The van der Waals surface area contributed by atoms with Gasteiger partial charge in [-0.1, -0.05) is 23.7 Å². The number of rotatable bonds is 6. The number of methoxy groups -OCH3 is 1. The molecule has 0 radical (unpaired) electrons. The highest BCUT2D eigenvalue weighted by Crippen LogP contribution is 2.31. The summed E-state index contributed by atoms with van der Waals surface area (Å²) >= 11 is 6.08. The van der Waals surface area contributed by atoms with Gasteiger partial charge in [-0.25, -0.2) is 4.79 Å². The third-order valence-electron chi connectivity index (χ3n) is 3.69. The van der Waals surface area contributed by atoms with E-state index in [1.165, 1.54) is 0 Å². The van der Waals surface area contributed by atoms with E-state index in [2.05, 4.69) is 0 Å². The molecule has 0 aliphatic heterocycles. The van der Waals surface area contributed by atoms with Gasteiger partial charge in [0.15, 0.2) is 0 Å². The van der Waals surface area contributed by atoms with E-state index in [-0.39, 0.29) is 0 Å². The highest BCUT2D eigenvalue weighted by Gasteiger charge is 2.23. The Morgan fingerprint density at radius 2 is 1.80 bits per heavy atom. The van der Waals surface area contributed by atoms with Crippen molar-refractivity contribution in [3.05, 3.63) is 77.6 Å². The first kappa shape index (κ1) is 16.9. The number of nitrogens with zero attached hydrogens (tertiary/aromatic N) is 1. The van der Waals surface area contributed by atoms with Gasteiger partial charge in [-0.3, -0.25) is 0 Å². The lowest BCUT2D eigenvalue weighted by Gasteiger charge is -2.19. The molecule has 0 spiro atoms. The van der Waals surface area contributed by atoms with E-state index in [4.69, 9.17) is 21.1 Å². The van der Waals surface area contributed by atoms with Gasteiger partial charge in [0, 0.05) is 23.0 Å². The summed E-state index contributed by atoms with van der Waals surface area (Å²) < 4.78 is 12.7. The van der Waals surface area contributed by atoms with Crippen LogP contribution in [0.3, 0.4) is 0 Å². The maximum Gasteiger partial charge on any atom is 0.349 e. The van der Waals surface area contributed by atoms with Crippen molar-refractivity contribution in [1.82, 2.24) is 4.57 Å². The van der Waals surface area contributed by atoms with Gasteiger partial charge in [0.25, 0.3) is 0 Å². The zero-order valence-corrected chi connectivity index (χ0v) is 14.2. The highest BCUT2D eigenvalue weighted by atomic mass is 35.5. The van der Waals surface area contributed by atoms with Crippen LogP contribution in [0.1, 0.15) is 11.7 Å². The molecule has 0 saturated heterocycles. The normalized spacial score (nSPS) is 11.8.